The Morgan fingerprint density at radius 1 is 1.00 bits per heavy atom. The maximum atomic E-state index is 12.3. The number of pyridine rings is 1. The van der Waals surface area contributed by atoms with Crippen LogP contribution in [0.3, 0.4) is 0 Å². The number of carbonyl (C=O) groups is 1. The standard InChI is InChI=1S/C21H18BrN7O/c1-12-5-6-13-3-2-4-16(18(13)26-12)27-19-17(23)20(25-11-24-19)28-29-21(30)14-7-9-15(22)10-8-14/h2-11H,23H2,1H3,(H,29,30)(H2,24,25,27,28). The lowest BCUT2D eigenvalue weighted by atomic mass is 10.1. The molecule has 0 saturated carbocycles. The number of nitrogen functional groups attached to an aromatic ring is 1. The molecule has 0 bridgehead atoms. The van der Waals surface area contributed by atoms with Crippen molar-refractivity contribution in [1.82, 2.24) is 20.4 Å². The molecule has 0 radical (unpaired) electrons. The van der Waals surface area contributed by atoms with Crippen molar-refractivity contribution >= 4 is 55.8 Å². The first-order chi connectivity index (χ1) is 14.5. The Kier molecular flexibility index (Phi) is 5.44. The number of fused-ring (bicyclic) bond motifs is 1. The van der Waals surface area contributed by atoms with Crippen LogP contribution in [0.4, 0.5) is 23.0 Å². The molecular weight excluding hydrogens is 446 g/mol. The molecule has 4 aromatic rings. The summed E-state index contributed by atoms with van der Waals surface area (Å²) in [5.74, 6) is 0.368. The molecule has 2 heterocycles. The maximum absolute atomic E-state index is 12.3. The third-order valence-corrected chi connectivity index (χ3v) is 4.93. The zero-order valence-electron chi connectivity index (χ0n) is 16.0. The summed E-state index contributed by atoms with van der Waals surface area (Å²) >= 11 is 3.34. The second kappa shape index (κ2) is 8.34. The zero-order chi connectivity index (χ0) is 21.1. The summed E-state index contributed by atoms with van der Waals surface area (Å²) in [6.07, 6.45) is 1.36. The molecule has 30 heavy (non-hydrogen) atoms. The van der Waals surface area contributed by atoms with Gasteiger partial charge < -0.3 is 11.1 Å². The van der Waals surface area contributed by atoms with Gasteiger partial charge in [-0.15, -0.1) is 0 Å². The molecule has 2 aromatic heterocycles. The van der Waals surface area contributed by atoms with Crippen molar-refractivity contribution in [3.63, 3.8) is 0 Å². The minimum Gasteiger partial charge on any atom is -0.393 e. The first-order valence-electron chi connectivity index (χ1n) is 9.07. The Labute approximate surface area is 181 Å². The van der Waals surface area contributed by atoms with Gasteiger partial charge in [-0.05, 0) is 43.3 Å². The Balaban J connectivity index is 1.54. The number of benzene rings is 2. The van der Waals surface area contributed by atoms with Crippen LogP contribution in [0.1, 0.15) is 16.1 Å². The lowest BCUT2D eigenvalue weighted by Gasteiger charge is -2.14. The molecule has 1 amide bonds. The summed E-state index contributed by atoms with van der Waals surface area (Å²) in [6.45, 7) is 1.94. The number of amides is 1. The molecule has 5 N–H and O–H groups in total. The normalized spacial score (nSPS) is 10.6. The fraction of sp³-hybridized carbons (Fsp3) is 0.0476. The molecule has 0 unspecified atom stereocenters. The number of hydrogen-bond donors (Lipinski definition) is 4. The number of rotatable bonds is 5. The van der Waals surface area contributed by atoms with Crippen LogP contribution in [-0.2, 0) is 0 Å². The van der Waals surface area contributed by atoms with E-state index >= 15 is 0 Å². The van der Waals surface area contributed by atoms with Crippen LogP contribution in [0.25, 0.3) is 10.9 Å². The van der Waals surface area contributed by atoms with E-state index in [1.807, 2.05) is 37.3 Å². The van der Waals surface area contributed by atoms with Crippen molar-refractivity contribution < 1.29 is 4.79 Å². The molecule has 0 saturated heterocycles. The van der Waals surface area contributed by atoms with Gasteiger partial charge >= 0.3 is 0 Å². The minimum absolute atomic E-state index is 0.262. The molecule has 0 aliphatic rings. The number of hydrogen-bond acceptors (Lipinski definition) is 7. The van der Waals surface area contributed by atoms with Crippen LogP contribution in [0.15, 0.2) is 65.4 Å². The van der Waals surface area contributed by atoms with Crippen LogP contribution in [0.2, 0.25) is 0 Å². The predicted octanol–water partition coefficient (Wildman–Crippen LogP) is 4.18. The van der Waals surface area contributed by atoms with Crippen LogP contribution in [0.5, 0.6) is 0 Å². The number of para-hydroxylation sites is 1. The van der Waals surface area contributed by atoms with Gasteiger partial charge in [0.15, 0.2) is 11.6 Å². The van der Waals surface area contributed by atoms with Gasteiger partial charge in [-0.3, -0.25) is 20.6 Å². The third kappa shape index (κ3) is 4.15. The average molecular weight is 464 g/mol. The number of aromatic nitrogens is 3. The van der Waals surface area contributed by atoms with E-state index < -0.39 is 0 Å². The van der Waals surface area contributed by atoms with Gasteiger partial charge in [-0.1, -0.05) is 34.1 Å². The molecule has 8 nitrogen and oxygen atoms in total. The lowest BCUT2D eigenvalue weighted by molar-refractivity contribution is 0.0962. The van der Waals surface area contributed by atoms with E-state index in [4.69, 9.17) is 5.73 Å². The van der Waals surface area contributed by atoms with Gasteiger partial charge in [0.05, 0.1) is 11.2 Å². The number of hydrazine groups is 1. The predicted molar refractivity (Wildman–Crippen MR) is 121 cm³/mol. The highest BCUT2D eigenvalue weighted by molar-refractivity contribution is 9.10. The summed E-state index contributed by atoms with van der Waals surface area (Å²) in [7, 11) is 0. The molecule has 0 aliphatic carbocycles. The number of nitrogens with zero attached hydrogens (tertiary/aromatic N) is 3. The van der Waals surface area contributed by atoms with E-state index in [-0.39, 0.29) is 17.4 Å². The zero-order valence-corrected chi connectivity index (χ0v) is 17.6. The van der Waals surface area contributed by atoms with Gasteiger partial charge in [0.25, 0.3) is 5.91 Å². The maximum Gasteiger partial charge on any atom is 0.269 e. The number of nitrogens with one attached hydrogen (secondary N) is 3. The van der Waals surface area contributed by atoms with E-state index in [1.165, 1.54) is 6.33 Å². The first-order valence-corrected chi connectivity index (χ1v) is 9.86. The Bertz CT molecular complexity index is 1230. The Hall–Kier alpha value is -3.72. The second-order valence-electron chi connectivity index (χ2n) is 6.53. The van der Waals surface area contributed by atoms with Crippen LogP contribution in [0, 0.1) is 6.92 Å². The van der Waals surface area contributed by atoms with E-state index in [2.05, 4.69) is 47.1 Å². The summed E-state index contributed by atoms with van der Waals surface area (Å²) in [6, 6.07) is 16.8. The lowest BCUT2D eigenvalue weighted by Crippen LogP contribution is -2.30. The SMILES string of the molecule is Cc1ccc2cccc(Nc3ncnc(NNC(=O)c4ccc(Br)cc4)c3N)c2n1. The number of anilines is 4. The summed E-state index contributed by atoms with van der Waals surface area (Å²) < 4.78 is 0.890. The number of carbonyl (C=O) groups excluding carboxylic acids is 1. The van der Waals surface area contributed by atoms with Crippen LogP contribution < -0.4 is 21.9 Å². The van der Waals surface area contributed by atoms with Gasteiger partial charge in [0.1, 0.15) is 12.0 Å². The van der Waals surface area contributed by atoms with E-state index in [9.17, 15) is 4.79 Å². The molecule has 150 valence electrons. The molecular formula is C21H18BrN7O. The number of aryl methyl sites for hydroxylation is 1. The highest BCUT2D eigenvalue weighted by Gasteiger charge is 2.12. The Morgan fingerprint density at radius 3 is 2.57 bits per heavy atom. The number of halogens is 1. The van der Waals surface area contributed by atoms with Crippen molar-refractivity contribution in [1.29, 1.82) is 0 Å². The van der Waals surface area contributed by atoms with Crippen LogP contribution >= 0.6 is 15.9 Å². The summed E-state index contributed by atoms with van der Waals surface area (Å²) in [5, 5.41) is 4.21. The molecule has 0 atom stereocenters. The van der Waals surface area contributed by atoms with Crippen molar-refractivity contribution in [2.45, 2.75) is 6.92 Å². The highest BCUT2D eigenvalue weighted by Crippen LogP contribution is 2.29. The molecule has 0 fully saturated rings. The second-order valence-corrected chi connectivity index (χ2v) is 7.44. The molecule has 0 aliphatic heterocycles. The molecule has 9 heteroatoms. The topological polar surface area (TPSA) is 118 Å². The molecule has 0 spiro atoms. The van der Waals surface area contributed by atoms with Gasteiger partial charge in [0.2, 0.25) is 0 Å². The molecule has 2 aromatic carbocycles. The van der Waals surface area contributed by atoms with Crippen molar-refractivity contribution in [2.24, 2.45) is 0 Å². The quantitative estimate of drug-likeness (QED) is 0.328. The first kappa shape index (κ1) is 19.6. The minimum atomic E-state index is -0.316. The van der Waals surface area contributed by atoms with Gasteiger partial charge in [-0.25, -0.2) is 9.97 Å². The molecule has 4 rings (SSSR count). The van der Waals surface area contributed by atoms with E-state index in [0.29, 0.717) is 11.4 Å². The average Bonchev–Trinajstić information content (AvgIpc) is 2.75. The largest absolute Gasteiger partial charge is 0.393 e. The van der Waals surface area contributed by atoms with Gasteiger partial charge in [-0.2, -0.15) is 0 Å². The fourth-order valence-electron chi connectivity index (χ4n) is 2.86. The third-order valence-electron chi connectivity index (χ3n) is 4.40. The fourth-order valence-corrected chi connectivity index (χ4v) is 3.12. The van der Waals surface area contributed by atoms with Crippen molar-refractivity contribution in [3.05, 3.63) is 76.7 Å². The van der Waals surface area contributed by atoms with E-state index in [0.717, 1.165) is 26.8 Å². The smallest absolute Gasteiger partial charge is 0.269 e. The van der Waals surface area contributed by atoms with Gasteiger partial charge in [0, 0.05) is 21.1 Å². The summed E-state index contributed by atoms with van der Waals surface area (Å²) in [4.78, 5) is 25.2. The monoisotopic (exact) mass is 463 g/mol. The highest BCUT2D eigenvalue weighted by atomic mass is 79.9. The van der Waals surface area contributed by atoms with Crippen molar-refractivity contribution in [3.8, 4) is 0 Å². The number of nitrogens with two attached hydrogens (primary N) is 1. The van der Waals surface area contributed by atoms with Crippen molar-refractivity contribution in [2.75, 3.05) is 16.5 Å². The van der Waals surface area contributed by atoms with Crippen LogP contribution in [-0.4, -0.2) is 20.9 Å². The van der Waals surface area contributed by atoms with E-state index in [1.54, 1.807) is 24.3 Å². The Morgan fingerprint density at radius 2 is 1.77 bits per heavy atom. The summed E-state index contributed by atoms with van der Waals surface area (Å²) in [5.41, 5.74) is 14.8.